The number of benzene rings is 3. The van der Waals surface area contributed by atoms with E-state index >= 15 is 0 Å². The Kier molecular flexibility index (Phi) is 4.61. The molecule has 0 fully saturated rings. The maximum Gasteiger partial charge on any atom is 0.259 e. The van der Waals surface area contributed by atoms with Gasteiger partial charge in [-0.1, -0.05) is 60.7 Å². The van der Waals surface area contributed by atoms with Crippen molar-refractivity contribution < 1.29 is 14.3 Å². The van der Waals surface area contributed by atoms with E-state index in [2.05, 4.69) is 20.9 Å². The number of hydrogen-bond donors (Lipinski definition) is 2. The van der Waals surface area contributed by atoms with E-state index in [4.69, 9.17) is 4.74 Å². The number of fused-ring (bicyclic) bond motifs is 1. The van der Waals surface area contributed by atoms with Crippen LogP contribution in [0, 0.1) is 0 Å². The van der Waals surface area contributed by atoms with Gasteiger partial charge in [0.2, 0.25) is 0 Å². The summed E-state index contributed by atoms with van der Waals surface area (Å²) in [5.41, 5.74) is 6.63. The van der Waals surface area contributed by atoms with E-state index in [0.29, 0.717) is 29.1 Å². The SMILES string of the molecule is O=C1NC(=O)C(c2cn3c4c(cccc24)CCC3)=C1c1c[nH]c2c(OCc3ccccc3)cccc12. The van der Waals surface area contributed by atoms with Crippen LogP contribution in [-0.4, -0.2) is 21.4 Å². The van der Waals surface area contributed by atoms with E-state index in [1.165, 1.54) is 5.56 Å². The van der Waals surface area contributed by atoms with Crippen LogP contribution in [0.25, 0.3) is 33.0 Å². The Morgan fingerprint density at radius 2 is 1.61 bits per heavy atom. The highest BCUT2D eigenvalue weighted by atomic mass is 16.5. The minimum Gasteiger partial charge on any atom is -0.487 e. The molecule has 0 spiro atoms. The molecule has 2 aromatic heterocycles. The number of rotatable bonds is 5. The lowest BCUT2D eigenvalue weighted by Crippen LogP contribution is -2.22. The van der Waals surface area contributed by atoms with E-state index in [0.717, 1.165) is 52.3 Å². The van der Waals surface area contributed by atoms with Crippen molar-refractivity contribution in [3.05, 3.63) is 101 Å². The molecule has 2 aliphatic rings. The first-order valence-corrected chi connectivity index (χ1v) is 12.2. The van der Waals surface area contributed by atoms with E-state index in [-0.39, 0.29) is 11.8 Å². The molecule has 0 saturated heterocycles. The predicted octanol–water partition coefficient (Wildman–Crippen LogP) is 5.22. The number of nitrogens with one attached hydrogen (secondary N) is 2. The molecule has 0 aliphatic carbocycles. The van der Waals surface area contributed by atoms with Crippen molar-refractivity contribution in [2.45, 2.75) is 26.0 Å². The fraction of sp³-hybridized carbons (Fsp3) is 0.133. The Morgan fingerprint density at radius 1 is 0.833 bits per heavy atom. The molecule has 0 unspecified atom stereocenters. The average molecular weight is 474 g/mol. The van der Waals surface area contributed by atoms with Crippen LogP contribution in [0.5, 0.6) is 5.75 Å². The summed E-state index contributed by atoms with van der Waals surface area (Å²) in [6.45, 7) is 1.34. The van der Waals surface area contributed by atoms with Crippen LogP contribution in [0.4, 0.5) is 0 Å². The number of ether oxygens (including phenoxy) is 1. The van der Waals surface area contributed by atoms with Crippen LogP contribution < -0.4 is 10.1 Å². The van der Waals surface area contributed by atoms with Crippen LogP contribution in [0.2, 0.25) is 0 Å². The van der Waals surface area contributed by atoms with Gasteiger partial charge in [-0.2, -0.15) is 0 Å². The summed E-state index contributed by atoms with van der Waals surface area (Å²) in [7, 11) is 0. The lowest BCUT2D eigenvalue weighted by atomic mass is 9.94. The molecular formula is C30H23N3O3. The van der Waals surface area contributed by atoms with Crippen LogP contribution in [-0.2, 0) is 29.2 Å². The molecule has 0 radical (unpaired) electrons. The van der Waals surface area contributed by atoms with Crippen LogP contribution >= 0.6 is 0 Å². The predicted molar refractivity (Wildman–Crippen MR) is 139 cm³/mol. The molecule has 0 saturated carbocycles. The summed E-state index contributed by atoms with van der Waals surface area (Å²) < 4.78 is 8.34. The zero-order valence-electron chi connectivity index (χ0n) is 19.5. The minimum atomic E-state index is -0.376. The lowest BCUT2D eigenvalue weighted by molar-refractivity contribution is -0.122. The molecule has 4 heterocycles. The van der Waals surface area contributed by atoms with Crippen molar-refractivity contribution in [3.63, 3.8) is 0 Å². The second-order valence-corrected chi connectivity index (χ2v) is 9.34. The number of nitrogens with zero attached hydrogens (tertiary/aromatic N) is 1. The van der Waals surface area contributed by atoms with Crippen molar-refractivity contribution in [1.29, 1.82) is 0 Å². The Morgan fingerprint density at radius 3 is 2.47 bits per heavy atom. The number of aryl methyl sites for hydroxylation is 2. The number of amides is 2. The topological polar surface area (TPSA) is 76.1 Å². The van der Waals surface area contributed by atoms with Gasteiger partial charge in [0.1, 0.15) is 12.4 Å². The molecule has 0 bridgehead atoms. The minimum absolute atomic E-state index is 0.357. The van der Waals surface area contributed by atoms with Gasteiger partial charge in [0.25, 0.3) is 11.8 Å². The highest BCUT2D eigenvalue weighted by molar-refractivity contribution is 6.50. The van der Waals surface area contributed by atoms with E-state index in [1.54, 1.807) is 6.20 Å². The normalized spacial score (nSPS) is 15.2. The molecule has 7 rings (SSSR count). The molecular weight excluding hydrogens is 450 g/mol. The number of hydrogen-bond acceptors (Lipinski definition) is 3. The second kappa shape index (κ2) is 7.99. The summed E-state index contributed by atoms with van der Waals surface area (Å²) in [5, 5.41) is 4.40. The maximum atomic E-state index is 13.2. The number of imide groups is 1. The quantitative estimate of drug-likeness (QED) is 0.344. The summed E-state index contributed by atoms with van der Waals surface area (Å²) in [6, 6.07) is 22.0. The lowest BCUT2D eigenvalue weighted by Gasteiger charge is -2.14. The highest BCUT2D eigenvalue weighted by Crippen LogP contribution is 2.41. The van der Waals surface area contributed by atoms with Gasteiger partial charge in [-0.15, -0.1) is 0 Å². The average Bonchev–Trinajstić information content (AvgIpc) is 3.57. The molecule has 2 amide bonds. The second-order valence-electron chi connectivity index (χ2n) is 9.34. The molecule has 0 atom stereocenters. The van der Waals surface area contributed by atoms with Crippen LogP contribution in [0.15, 0.2) is 79.1 Å². The van der Waals surface area contributed by atoms with E-state index in [9.17, 15) is 9.59 Å². The smallest absolute Gasteiger partial charge is 0.259 e. The van der Waals surface area contributed by atoms with Crippen molar-refractivity contribution in [2.75, 3.05) is 0 Å². The van der Waals surface area contributed by atoms with E-state index in [1.807, 2.05) is 66.9 Å². The summed E-state index contributed by atoms with van der Waals surface area (Å²) >= 11 is 0. The van der Waals surface area contributed by atoms with Crippen molar-refractivity contribution in [3.8, 4) is 5.75 Å². The van der Waals surface area contributed by atoms with Crippen molar-refractivity contribution >= 4 is 44.8 Å². The number of H-pyrrole nitrogens is 1. The highest BCUT2D eigenvalue weighted by Gasteiger charge is 2.35. The zero-order chi connectivity index (χ0) is 24.2. The van der Waals surface area contributed by atoms with E-state index < -0.39 is 0 Å². The first-order chi connectivity index (χ1) is 17.7. The van der Waals surface area contributed by atoms with Gasteiger partial charge in [-0.05, 0) is 30.0 Å². The van der Waals surface area contributed by atoms with Crippen LogP contribution in [0.1, 0.15) is 28.7 Å². The van der Waals surface area contributed by atoms with Crippen molar-refractivity contribution in [1.82, 2.24) is 14.9 Å². The summed E-state index contributed by atoms with van der Waals surface area (Å²) in [4.78, 5) is 29.6. The fourth-order valence-electron chi connectivity index (χ4n) is 5.61. The Balaban J connectivity index is 1.38. The third-order valence-corrected chi connectivity index (χ3v) is 7.21. The van der Waals surface area contributed by atoms with Gasteiger partial charge in [0.05, 0.1) is 22.2 Å². The van der Waals surface area contributed by atoms with Crippen LogP contribution in [0.3, 0.4) is 0 Å². The number of carbonyl (C=O) groups is 2. The molecule has 2 aliphatic heterocycles. The molecule has 2 N–H and O–H groups in total. The first-order valence-electron chi connectivity index (χ1n) is 12.2. The zero-order valence-corrected chi connectivity index (χ0v) is 19.5. The summed E-state index contributed by atoms with van der Waals surface area (Å²) in [5.74, 6) is -0.0374. The Bertz CT molecular complexity index is 1720. The van der Waals surface area contributed by atoms with Gasteiger partial charge < -0.3 is 14.3 Å². The molecule has 6 heteroatoms. The number of carbonyl (C=O) groups excluding carboxylic acids is 2. The van der Waals surface area contributed by atoms with Gasteiger partial charge in [-0.3, -0.25) is 14.9 Å². The molecule has 5 aromatic rings. The Hall–Kier alpha value is -4.58. The Labute approximate surface area is 207 Å². The van der Waals surface area contributed by atoms with Gasteiger partial charge in [0, 0.05) is 40.8 Å². The molecule has 6 nitrogen and oxygen atoms in total. The molecule has 36 heavy (non-hydrogen) atoms. The van der Waals surface area contributed by atoms with Gasteiger partial charge >= 0.3 is 0 Å². The third-order valence-electron chi connectivity index (χ3n) is 7.21. The molecule has 176 valence electrons. The standard InChI is InChI=1S/C30H23N3O3/c34-29-25(22-15-31-27-20(22)11-5-13-24(27)36-17-18-7-2-1-3-8-18)26(30(35)32-29)23-16-33-14-6-10-19-9-4-12-21(23)28(19)33/h1-5,7-9,11-13,15-16,31H,6,10,14,17H2,(H,32,34,35). The number of aromatic nitrogens is 2. The molecule has 3 aromatic carbocycles. The monoisotopic (exact) mass is 473 g/mol. The van der Waals surface area contributed by atoms with Gasteiger partial charge in [0.15, 0.2) is 0 Å². The largest absolute Gasteiger partial charge is 0.487 e. The maximum absolute atomic E-state index is 13.2. The first kappa shape index (κ1) is 20.8. The van der Waals surface area contributed by atoms with Gasteiger partial charge in [-0.25, -0.2) is 0 Å². The number of aromatic amines is 1. The van der Waals surface area contributed by atoms with Crippen molar-refractivity contribution in [2.24, 2.45) is 0 Å². The fourth-order valence-corrected chi connectivity index (χ4v) is 5.61. The number of para-hydroxylation sites is 2. The third kappa shape index (κ3) is 3.11. The summed E-state index contributed by atoms with van der Waals surface area (Å²) in [6.07, 6.45) is 5.91.